The Morgan fingerprint density at radius 3 is 2.94 bits per heavy atom. The van der Waals surface area contributed by atoms with Gasteiger partial charge in [0, 0.05) is 17.0 Å². The largest absolute Gasteiger partial charge is 0.355 e. The van der Waals surface area contributed by atoms with Crippen molar-refractivity contribution in [2.45, 2.75) is 30.4 Å². The summed E-state index contributed by atoms with van der Waals surface area (Å²) in [5.74, 6) is 0.0355. The van der Waals surface area contributed by atoms with E-state index in [-0.39, 0.29) is 11.2 Å². The normalized spacial score (nSPS) is 11.9. The molecule has 1 amide bonds. The number of hydrogen-bond donors (Lipinski definition) is 1. The highest BCUT2D eigenvalue weighted by atomic mass is 32.2. The molecule has 0 radical (unpaired) electrons. The molecule has 92 valence electrons. The van der Waals surface area contributed by atoms with Gasteiger partial charge in [-0.05, 0) is 25.5 Å². The minimum atomic E-state index is -0.150. The molecule has 0 heterocycles. The van der Waals surface area contributed by atoms with Crippen LogP contribution in [0.15, 0.2) is 29.2 Å². The zero-order chi connectivity index (χ0) is 12.7. The predicted octanol–water partition coefficient (Wildman–Crippen LogP) is 2.51. The van der Waals surface area contributed by atoms with Gasteiger partial charge in [-0.3, -0.25) is 9.59 Å². The van der Waals surface area contributed by atoms with Crippen molar-refractivity contribution in [3.05, 3.63) is 29.8 Å². The second-order valence-corrected chi connectivity index (χ2v) is 5.16. The van der Waals surface area contributed by atoms with Crippen LogP contribution in [0, 0.1) is 0 Å². The number of carbonyl (C=O) groups is 2. The fourth-order valence-corrected chi connectivity index (χ4v) is 2.27. The first-order chi connectivity index (χ1) is 8.17. The number of carbonyl (C=O) groups excluding carboxylic acids is 2. The first-order valence-corrected chi connectivity index (χ1v) is 6.55. The van der Waals surface area contributed by atoms with Gasteiger partial charge in [-0.1, -0.05) is 19.1 Å². The van der Waals surface area contributed by atoms with Crippen LogP contribution < -0.4 is 5.32 Å². The van der Waals surface area contributed by atoms with E-state index in [4.69, 9.17) is 0 Å². The monoisotopic (exact) mass is 251 g/mol. The van der Waals surface area contributed by atoms with E-state index >= 15 is 0 Å². The van der Waals surface area contributed by atoms with Crippen molar-refractivity contribution in [3.63, 3.8) is 0 Å². The van der Waals surface area contributed by atoms with E-state index in [1.54, 1.807) is 12.1 Å². The van der Waals surface area contributed by atoms with Gasteiger partial charge in [0.05, 0.1) is 5.25 Å². The Hall–Kier alpha value is -1.29. The van der Waals surface area contributed by atoms with Gasteiger partial charge in [0.1, 0.15) is 6.29 Å². The van der Waals surface area contributed by atoms with Crippen LogP contribution in [0.1, 0.15) is 30.6 Å². The first kappa shape index (κ1) is 13.8. The molecule has 4 heteroatoms. The van der Waals surface area contributed by atoms with Gasteiger partial charge in [-0.25, -0.2) is 0 Å². The van der Waals surface area contributed by atoms with Crippen molar-refractivity contribution in [2.24, 2.45) is 0 Å². The van der Waals surface area contributed by atoms with Crippen molar-refractivity contribution in [1.82, 2.24) is 5.32 Å². The maximum Gasteiger partial charge on any atom is 0.233 e. The van der Waals surface area contributed by atoms with Crippen LogP contribution in [0.3, 0.4) is 0 Å². The van der Waals surface area contributed by atoms with Crippen LogP contribution in [0.2, 0.25) is 0 Å². The molecule has 0 saturated carbocycles. The van der Waals surface area contributed by atoms with Gasteiger partial charge in [-0.15, -0.1) is 11.8 Å². The number of thioether (sulfide) groups is 1. The summed E-state index contributed by atoms with van der Waals surface area (Å²) in [6.45, 7) is 4.59. The van der Waals surface area contributed by atoms with Gasteiger partial charge in [0.2, 0.25) is 5.91 Å². The second kappa shape index (κ2) is 7.12. The summed E-state index contributed by atoms with van der Waals surface area (Å²) >= 11 is 1.46. The number of amides is 1. The van der Waals surface area contributed by atoms with E-state index < -0.39 is 0 Å². The minimum absolute atomic E-state index is 0.0355. The van der Waals surface area contributed by atoms with Crippen molar-refractivity contribution < 1.29 is 9.59 Å². The maximum absolute atomic E-state index is 11.7. The lowest BCUT2D eigenvalue weighted by molar-refractivity contribution is -0.120. The SMILES string of the molecule is CCCNC(=O)C(C)Sc1cccc(C=O)c1. The molecule has 1 N–H and O–H groups in total. The van der Waals surface area contributed by atoms with E-state index in [0.29, 0.717) is 12.1 Å². The van der Waals surface area contributed by atoms with E-state index in [1.165, 1.54) is 11.8 Å². The van der Waals surface area contributed by atoms with E-state index in [1.807, 2.05) is 26.0 Å². The zero-order valence-corrected chi connectivity index (χ0v) is 10.9. The van der Waals surface area contributed by atoms with E-state index in [9.17, 15) is 9.59 Å². The molecule has 0 saturated heterocycles. The minimum Gasteiger partial charge on any atom is -0.355 e. The third-order valence-corrected chi connectivity index (χ3v) is 3.32. The van der Waals surface area contributed by atoms with Gasteiger partial charge in [-0.2, -0.15) is 0 Å². The molecule has 1 aromatic carbocycles. The van der Waals surface area contributed by atoms with Gasteiger partial charge in [0.15, 0.2) is 0 Å². The number of hydrogen-bond acceptors (Lipinski definition) is 3. The molecule has 1 unspecified atom stereocenters. The molecule has 0 spiro atoms. The maximum atomic E-state index is 11.7. The first-order valence-electron chi connectivity index (χ1n) is 5.67. The van der Waals surface area contributed by atoms with Gasteiger partial charge >= 0.3 is 0 Å². The quantitative estimate of drug-likeness (QED) is 0.624. The smallest absolute Gasteiger partial charge is 0.233 e. The highest BCUT2D eigenvalue weighted by molar-refractivity contribution is 8.00. The summed E-state index contributed by atoms with van der Waals surface area (Å²) in [5.41, 5.74) is 0.635. The topological polar surface area (TPSA) is 46.2 Å². The summed E-state index contributed by atoms with van der Waals surface area (Å²) in [4.78, 5) is 23.2. The highest BCUT2D eigenvalue weighted by Crippen LogP contribution is 2.23. The Morgan fingerprint density at radius 1 is 1.53 bits per heavy atom. The average molecular weight is 251 g/mol. The van der Waals surface area contributed by atoms with E-state index in [0.717, 1.165) is 17.6 Å². The molecular formula is C13H17NO2S. The molecule has 1 aromatic rings. The summed E-state index contributed by atoms with van der Waals surface area (Å²) in [7, 11) is 0. The molecule has 0 aliphatic heterocycles. The molecule has 0 aliphatic rings. The van der Waals surface area contributed by atoms with Crippen LogP contribution in [0.25, 0.3) is 0 Å². The zero-order valence-electron chi connectivity index (χ0n) is 10.1. The molecule has 0 aromatic heterocycles. The lowest BCUT2D eigenvalue weighted by atomic mass is 10.2. The Bertz CT molecular complexity index is 393. The lowest BCUT2D eigenvalue weighted by Crippen LogP contribution is -2.31. The van der Waals surface area contributed by atoms with Crippen molar-refractivity contribution >= 4 is 24.0 Å². The molecule has 0 fully saturated rings. The molecule has 0 aliphatic carbocycles. The predicted molar refractivity (Wildman–Crippen MR) is 70.4 cm³/mol. The summed E-state index contributed by atoms with van der Waals surface area (Å²) in [5, 5.41) is 2.70. The molecule has 0 bridgehead atoms. The number of nitrogens with one attached hydrogen (secondary N) is 1. The fourth-order valence-electron chi connectivity index (χ4n) is 1.31. The summed E-state index contributed by atoms with van der Waals surface area (Å²) in [6, 6.07) is 7.27. The number of benzene rings is 1. The Labute approximate surface area is 106 Å². The van der Waals surface area contributed by atoms with Crippen LogP contribution >= 0.6 is 11.8 Å². The van der Waals surface area contributed by atoms with Crippen LogP contribution in [-0.2, 0) is 4.79 Å². The van der Waals surface area contributed by atoms with Crippen LogP contribution in [0.4, 0.5) is 0 Å². The van der Waals surface area contributed by atoms with Crippen molar-refractivity contribution in [2.75, 3.05) is 6.54 Å². The number of aldehydes is 1. The highest BCUT2D eigenvalue weighted by Gasteiger charge is 2.13. The Balaban J connectivity index is 2.57. The molecule has 3 nitrogen and oxygen atoms in total. The molecule has 1 rings (SSSR count). The van der Waals surface area contributed by atoms with Crippen LogP contribution in [0.5, 0.6) is 0 Å². The summed E-state index contributed by atoms with van der Waals surface area (Å²) in [6.07, 6.45) is 1.75. The standard InChI is InChI=1S/C13H17NO2S/c1-3-7-14-13(16)10(2)17-12-6-4-5-11(8-12)9-15/h4-6,8-10H,3,7H2,1-2H3,(H,14,16). The van der Waals surface area contributed by atoms with Crippen LogP contribution in [-0.4, -0.2) is 24.0 Å². The van der Waals surface area contributed by atoms with Crippen molar-refractivity contribution in [1.29, 1.82) is 0 Å². The fraction of sp³-hybridized carbons (Fsp3) is 0.385. The van der Waals surface area contributed by atoms with E-state index in [2.05, 4.69) is 5.32 Å². The third kappa shape index (κ3) is 4.61. The molecule has 1 atom stereocenters. The van der Waals surface area contributed by atoms with Crippen molar-refractivity contribution in [3.8, 4) is 0 Å². The Kier molecular flexibility index (Phi) is 5.77. The third-order valence-electron chi connectivity index (χ3n) is 2.23. The summed E-state index contributed by atoms with van der Waals surface area (Å²) < 4.78 is 0. The average Bonchev–Trinajstić information content (AvgIpc) is 2.36. The number of rotatable bonds is 6. The van der Waals surface area contributed by atoms with Gasteiger partial charge in [0.25, 0.3) is 0 Å². The second-order valence-electron chi connectivity index (χ2n) is 3.74. The lowest BCUT2D eigenvalue weighted by Gasteiger charge is -2.11. The molecule has 17 heavy (non-hydrogen) atoms. The Morgan fingerprint density at radius 2 is 2.29 bits per heavy atom. The van der Waals surface area contributed by atoms with Gasteiger partial charge < -0.3 is 5.32 Å². The molecular weight excluding hydrogens is 234 g/mol.